The lowest BCUT2D eigenvalue weighted by Gasteiger charge is -2.23. The molecule has 6 nitrogen and oxygen atoms in total. The van der Waals surface area contributed by atoms with Gasteiger partial charge < -0.3 is 25.2 Å². The summed E-state index contributed by atoms with van der Waals surface area (Å²) in [6.07, 6.45) is 1.31. The smallest absolute Gasteiger partial charge is 0.319 e. The number of hydrogen-bond donors (Lipinski definition) is 3. The highest BCUT2D eigenvalue weighted by Gasteiger charge is 2.21. The van der Waals surface area contributed by atoms with Crippen molar-refractivity contribution in [1.82, 2.24) is 5.32 Å². The summed E-state index contributed by atoms with van der Waals surface area (Å²) >= 11 is 0. The molecule has 0 aromatic heterocycles. The van der Waals surface area contributed by atoms with Crippen LogP contribution in [-0.2, 0) is 6.42 Å². The molecule has 2 amide bonds. The lowest BCUT2D eigenvalue weighted by atomic mass is 9.97. The van der Waals surface area contributed by atoms with Crippen LogP contribution < -0.4 is 20.1 Å². The molecule has 132 valence electrons. The Bertz CT molecular complexity index is 731. The van der Waals surface area contributed by atoms with Crippen molar-refractivity contribution in [2.45, 2.75) is 25.4 Å². The number of fused-ring (bicyclic) bond motifs is 1. The number of carbonyl (C=O) groups is 1. The first-order valence-electron chi connectivity index (χ1n) is 8.23. The van der Waals surface area contributed by atoms with Crippen LogP contribution in [0.25, 0.3) is 0 Å². The van der Waals surface area contributed by atoms with Gasteiger partial charge in [0.25, 0.3) is 0 Å². The molecule has 2 aromatic carbocycles. The maximum atomic E-state index is 12.0. The number of rotatable bonds is 6. The molecule has 0 spiro atoms. The molecule has 6 heteroatoms. The summed E-state index contributed by atoms with van der Waals surface area (Å²) in [5.74, 6) is 1.27. The Hall–Kier alpha value is -2.73. The van der Waals surface area contributed by atoms with Crippen LogP contribution in [0.1, 0.15) is 18.9 Å². The Labute approximate surface area is 146 Å². The summed E-state index contributed by atoms with van der Waals surface area (Å²) < 4.78 is 10.5. The van der Waals surface area contributed by atoms with E-state index < -0.39 is 5.60 Å². The number of benzene rings is 2. The van der Waals surface area contributed by atoms with Crippen LogP contribution in [0.5, 0.6) is 11.5 Å². The predicted octanol–water partition coefficient (Wildman–Crippen LogP) is 2.92. The summed E-state index contributed by atoms with van der Waals surface area (Å²) in [5.41, 5.74) is 0.778. The standard InChI is InChI=1S/C19H22N2O4/c1-19(23,10-9-14-5-3-2-4-6-14)12-20-18(22)21-15-7-8-16-17(11-15)25-13-24-16/h2-8,11,23H,9-10,12-13H2,1H3,(H2,20,21,22)/t19-/m0/s1. The Morgan fingerprint density at radius 3 is 2.72 bits per heavy atom. The van der Waals surface area contributed by atoms with Crippen molar-refractivity contribution in [3.05, 3.63) is 54.1 Å². The van der Waals surface area contributed by atoms with Gasteiger partial charge in [-0.2, -0.15) is 0 Å². The minimum absolute atomic E-state index is 0.163. The molecule has 0 unspecified atom stereocenters. The quantitative estimate of drug-likeness (QED) is 0.754. The molecule has 1 atom stereocenters. The van der Waals surface area contributed by atoms with Crippen LogP contribution in [-0.4, -0.2) is 30.1 Å². The third-order valence-corrected chi connectivity index (χ3v) is 4.06. The Morgan fingerprint density at radius 1 is 1.16 bits per heavy atom. The molecule has 2 aromatic rings. The highest BCUT2D eigenvalue weighted by molar-refractivity contribution is 5.89. The van der Waals surface area contributed by atoms with Crippen molar-refractivity contribution in [3.63, 3.8) is 0 Å². The van der Waals surface area contributed by atoms with Crippen LogP contribution in [0.2, 0.25) is 0 Å². The van der Waals surface area contributed by atoms with Gasteiger partial charge in [-0.1, -0.05) is 30.3 Å². The zero-order chi connectivity index (χ0) is 17.7. The number of ether oxygens (including phenoxy) is 2. The number of aryl methyl sites for hydroxylation is 1. The second-order valence-corrected chi connectivity index (χ2v) is 6.36. The summed E-state index contributed by atoms with van der Waals surface area (Å²) in [6.45, 7) is 2.07. The van der Waals surface area contributed by atoms with Crippen molar-refractivity contribution in [1.29, 1.82) is 0 Å². The molecule has 0 bridgehead atoms. The number of hydrogen-bond acceptors (Lipinski definition) is 4. The van der Waals surface area contributed by atoms with Gasteiger partial charge in [0, 0.05) is 18.3 Å². The molecule has 25 heavy (non-hydrogen) atoms. The summed E-state index contributed by atoms with van der Waals surface area (Å²) in [4.78, 5) is 12.0. The van der Waals surface area contributed by atoms with Gasteiger partial charge in [0.05, 0.1) is 5.60 Å². The first-order chi connectivity index (χ1) is 12.0. The molecule has 3 rings (SSSR count). The van der Waals surface area contributed by atoms with E-state index in [-0.39, 0.29) is 19.4 Å². The third kappa shape index (κ3) is 4.87. The molecule has 1 heterocycles. The Morgan fingerprint density at radius 2 is 1.92 bits per heavy atom. The van der Waals surface area contributed by atoms with Crippen molar-refractivity contribution in [2.75, 3.05) is 18.7 Å². The van der Waals surface area contributed by atoms with Gasteiger partial charge >= 0.3 is 6.03 Å². The largest absolute Gasteiger partial charge is 0.454 e. The molecule has 1 aliphatic rings. The number of urea groups is 1. The van der Waals surface area contributed by atoms with E-state index in [1.54, 1.807) is 25.1 Å². The minimum atomic E-state index is -0.984. The normalized spacial score (nSPS) is 14.6. The number of amides is 2. The highest BCUT2D eigenvalue weighted by Crippen LogP contribution is 2.34. The van der Waals surface area contributed by atoms with E-state index in [0.29, 0.717) is 23.6 Å². The van der Waals surface area contributed by atoms with Crippen molar-refractivity contribution >= 4 is 11.7 Å². The van der Waals surface area contributed by atoms with Gasteiger partial charge in [0.15, 0.2) is 11.5 Å². The third-order valence-electron chi connectivity index (χ3n) is 4.06. The second kappa shape index (κ2) is 7.44. The summed E-state index contributed by atoms with van der Waals surface area (Å²) in [7, 11) is 0. The maximum absolute atomic E-state index is 12.0. The molecule has 1 aliphatic heterocycles. The van der Waals surface area contributed by atoms with Crippen molar-refractivity contribution in [2.24, 2.45) is 0 Å². The Kier molecular flexibility index (Phi) is 5.09. The molecule has 3 N–H and O–H groups in total. The zero-order valence-electron chi connectivity index (χ0n) is 14.1. The fourth-order valence-electron chi connectivity index (χ4n) is 2.57. The first kappa shape index (κ1) is 17.1. The first-order valence-corrected chi connectivity index (χ1v) is 8.23. The van der Waals surface area contributed by atoms with E-state index >= 15 is 0 Å². The number of aliphatic hydroxyl groups is 1. The van der Waals surface area contributed by atoms with Gasteiger partial charge in [-0.05, 0) is 37.5 Å². The maximum Gasteiger partial charge on any atom is 0.319 e. The molecular formula is C19H22N2O4. The number of carbonyl (C=O) groups excluding carboxylic acids is 1. The van der Waals surface area contributed by atoms with Gasteiger partial charge in [-0.15, -0.1) is 0 Å². The van der Waals surface area contributed by atoms with Crippen LogP contribution in [0.4, 0.5) is 10.5 Å². The van der Waals surface area contributed by atoms with E-state index in [9.17, 15) is 9.90 Å². The lowest BCUT2D eigenvalue weighted by Crippen LogP contribution is -2.42. The van der Waals surface area contributed by atoms with Gasteiger partial charge in [-0.3, -0.25) is 0 Å². The fourth-order valence-corrected chi connectivity index (χ4v) is 2.57. The topological polar surface area (TPSA) is 79.8 Å². The van der Waals surface area contributed by atoms with E-state index in [4.69, 9.17) is 9.47 Å². The van der Waals surface area contributed by atoms with Crippen LogP contribution >= 0.6 is 0 Å². The lowest BCUT2D eigenvalue weighted by molar-refractivity contribution is 0.0539. The number of anilines is 1. The minimum Gasteiger partial charge on any atom is -0.454 e. The Balaban J connectivity index is 1.46. The molecular weight excluding hydrogens is 320 g/mol. The predicted molar refractivity (Wildman–Crippen MR) is 95.0 cm³/mol. The highest BCUT2D eigenvalue weighted by atomic mass is 16.7. The SMILES string of the molecule is C[C@](O)(CCc1ccccc1)CNC(=O)Nc1ccc2c(c1)OCO2. The van der Waals surface area contributed by atoms with Gasteiger partial charge in [-0.25, -0.2) is 4.79 Å². The summed E-state index contributed by atoms with van der Waals surface area (Å²) in [5, 5.41) is 15.9. The molecule has 0 aliphatic carbocycles. The van der Waals surface area contributed by atoms with Crippen LogP contribution in [0.15, 0.2) is 48.5 Å². The van der Waals surface area contributed by atoms with Crippen LogP contribution in [0, 0.1) is 0 Å². The molecule has 0 saturated carbocycles. The van der Waals surface area contributed by atoms with Gasteiger partial charge in [0.2, 0.25) is 6.79 Å². The molecule has 0 radical (unpaired) electrons. The van der Waals surface area contributed by atoms with Crippen molar-refractivity contribution in [3.8, 4) is 11.5 Å². The summed E-state index contributed by atoms with van der Waals surface area (Å²) in [6, 6.07) is 14.8. The van der Waals surface area contributed by atoms with E-state index in [2.05, 4.69) is 10.6 Å². The molecule has 0 fully saturated rings. The average Bonchev–Trinajstić information content (AvgIpc) is 3.07. The number of nitrogens with one attached hydrogen (secondary N) is 2. The zero-order valence-corrected chi connectivity index (χ0v) is 14.1. The van der Waals surface area contributed by atoms with Crippen LogP contribution in [0.3, 0.4) is 0 Å². The monoisotopic (exact) mass is 342 g/mol. The van der Waals surface area contributed by atoms with Crippen molar-refractivity contribution < 1.29 is 19.4 Å². The molecule has 0 saturated heterocycles. The van der Waals surface area contributed by atoms with Gasteiger partial charge in [0.1, 0.15) is 0 Å². The van der Waals surface area contributed by atoms with E-state index in [0.717, 1.165) is 12.0 Å². The van der Waals surface area contributed by atoms with E-state index in [1.165, 1.54) is 0 Å². The average molecular weight is 342 g/mol. The fraction of sp³-hybridized carbons (Fsp3) is 0.316. The second-order valence-electron chi connectivity index (χ2n) is 6.36. The van der Waals surface area contributed by atoms with E-state index in [1.807, 2.05) is 30.3 Å².